The van der Waals surface area contributed by atoms with E-state index in [1.807, 2.05) is 19.1 Å². The predicted octanol–water partition coefficient (Wildman–Crippen LogP) is 3.24. The van der Waals surface area contributed by atoms with Gasteiger partial charge in [0.2, 0.25) is 0 Å². The number of hydrogen-bond acceptors (Lipinski definition) is 5. The van der Waals surface area contributed by atoms with Crippen molar-refractivity contribution >= 4 is 38.8 Å². The molecule has 7 heteroatoms. The molecule has 3 aromatic rings. The lowest BCUT2D eigenvalue weighted by Crippen LogP contribution is -2.88. The van der Waals surface area contributed by atoms with Crippen LogP contribution in [0.3, 0.4) is 0 Å². The van der Waals surface area contributed by atoms with Gasteiger partial charge in [-0.05, 0) is 43.9 Å². The number of quaternary nitrogens is 1. The molecule has 3 aliphatic heterocycles. The highest BCUT2D eigenvalue weighted by Crippen LogP contribution is 2.52. The Labute approximate surface area is 179 Å². The van der Waals surface area contributed by atoms with E-state index in [9.17, 15) is 4.79 Å². The van der Waals surface area contributed by atoms with Crippen molar-refractivity contribution in [1.29, 1.82) is 0 Å². The fourth-order valence-electron chi connectivity index (χ4n) is 5.63. The molecule has 1 amide bonds. The smallest absolute Gasteiger partial charge is 0.263 e. The summed E-state index contributed by atoms with van der Waals surface area (Å²) >= 11 is 1.36. The minimum absolute atomic E-state index is 0.115. The maximum Gasteiger partial charge on any atom is 0.263 e. The van der Waals surface area contributed by atoms with E-state index >= 15 is 0 Å². The number of amides is 1. The number of pyridine rings is 1. The van der Waals surface area contributed by atoms with Crippen molar-refractivity contribution in [3.63, 3.8) is 0 Å². The third-order valence-corrected chi connectivity index (χ3v) is 8.22. The molecule has 6 rings (SSSR count). The van der Waals surface area contributed by atoms with Crippen molar-refractivity contribution in [2.24, 2.45) is 0 Å². The van der Waals surface area contributed by atoms with E-state index in [1.165, 1.54) is 48.5 Å². The van der Waals surface area contributed by atoms with E-state index in [4.69, 9.17) is 5.73 Å². The Morgan fingerprint density at radius 1 is 1.20 bits per heavy atom. The number of carbonyl (C=O) groups excluding carboxylic acids is 1. The number of anilines is 1. The van der Waals surface area contributed by atoms with Gasteiger partial charge in [0.15, 0.2) is 5.69 Å². The standard InChI is InChI=1S/C23H25N5OS/c1-14-2-9-19-20(24)21(30-23(19)26-14)22(29)25-11-10-15-3-7-18(8-4-15)28-12-16-5-6-17(13-28)27(16)28/h2-4,7-9,16-17H,5-6,10-13H2,1H3,(H2-,24,25,29)/p+1. The summed E-state index contributed by atoms with van der Waals surface area (Å²) in [5.41, 5.74) is 10.3. The first-order valence-corrected chi connectivity index (χ1v) is 11.6. The number of carbonyl (C=O) groups is 1. The van der Waals surface area contributed by atoms with Gasteiger partial charge in [0.1, 0.15) is 34.9 Å². The molecule has 0 radical (unpaired) electrons. The van der Waals surface area contributed by atoms with E-state index in [1.54, 1.807) is 0 Å². The van der Waals surface area contributed by atoms with Gasteiger partial charge in [0.25, 0.3) is 5.91 Å². The van der Waals surface area contributed by atoms with Crippen molar-refractivity contribution in [3.05, 3.63) is 52.5 Å². The zero-order valence-corrected chi connectivity index (χ0v) is 17.9. The zero-order valence-electron chi connectivity index (χ0n) is 17.1. The Kier molecular flexibility index (Phi) is 3.97. The normalized spacial score (nSPS) is 26.8. The first-order valence-electron chi connectivity index (χ1n) is 10.7. The van der Waals surface area contributed by atoms with Gasteiger partial charge in [0, 0.05) is 29.8 Å². The van der Waals surface area contributed by atoms with Crippen molar-refractivity contribution in [1.82, 2.24) is 19.9 Å². The fourth-order valence-corrected chi connectivity index (χ4v) is 6.69. The molecular weight excluding hydrogens is 394 g/mol. The van der Waals surface area contributed by atoms with Crippen LogP contribution in [-0.2, 0) is 6.42 Å². The lowest BCUT2D eigenvalue weighted by Gasteiger charge is -2.65. The Morgan fingerprint density at radius 3 is 2.67 bits per heavy atom. The average Bonchev–Trinajstić information content (AvgIpc) is 3.08. The van der Waals surface area contributed by atoms with Crippen LogP contribution in [0.15, 0.2) is 36.4 Å². The number of fused-ring (bicyclic) bond motifs is 1. The number of nitrogens with one attached hydrogen (secondary N) is 1. The first-order chi connectivity index (χ1) is 14.5. The number of aryl methyl sites for hydroxylation is 1. The van der Waals surface area contributed by atoms with Gasteiger partial charge in [-0.1, -0.05) is 12.1 Å². The molecule has 30 heavy (non-hydrogen) atoms. The maximum atomic E-state index is 12.6. The molecule has 2 unspecified atom stereocenters. The second-order valence-corrected chi connectivity index (χ2v) is 9.87. The molecule has 0 spiro atoms. The molecule has 3 aliphatic rings. The first kappa shape index (κ1) is 18.3. The Bertz CT molecular complexity index is 1140. The van der Waals surface area contributed by atoms with E-state index in [-0.39, 0.29) is 5.91 Å². The molecule has 5 heterocycles. The van der Waals surface area contributed by atoms with Crippen LogP contribution in [0, 0.1) is 6.92 Å². The molecule has 154 valence electrons. The number of piperazine rings is 1. The van der Waals surface area contributed by atoms with Gasteiger partial charge >= 0.3 is 0 Å². The van der Waals surface area contributed by atoms with Gasteiger partial charge in [-0.3, -0.25) is 4.79 Å². The molecule has 1 aromatic carbocycles. The van der Waals surface area contributed by atoms with Crippen molar-refractivity contribution in [3.8, 4) is 0 Å². The SMILES string of the molecule is Cc1ccc2c(N)c(C(=O)NCCc3ccc([N+]45CC6CCC(C4)N65)cc3)sc2n1. The highest BCUT2D eigenvalue weighted by molar-refractivity contribution is 7.21. The topological polar surface area (TPSA) is 71.2 Å². The summed E-state index contributed by atoms with van der Waals surface area (Å²) in [6.45, 7) is 5.08. The summed E-state index contributed by atoms with van der Waals surface area (Å²) < 4.78 is 1.07. The van der Waals surface area contributed by atoms with Gasteiger partial charge in [-0.2, -0.15) is 0 Å². The molecule has 2 atom stereocenters. The van der Waals surface area contributed by atoms with Crippen molar-refractivity contribution < 1.29 is 4.79 Å². The van der Waals surface area contributed by atoms with Gasteiger partial charge < -0.3 is 11.1 Å². The quantitative estimate of drug-likeness (QED) is 0.622. The van der Waals surface area contributed by atoms with Gasteiger partial charge in [0.05, 0.1) is 5.69 Å². The third kappa shape index (κ3) is 2.55. The van der Waals surface area contributed by atoms with E-state index < -0.39 is 0 Å². The Morgan fingerprint density at radius 2 is 1.93 bits per heavy atom. The lowest BCUT2D eigenvalue weighted by molar-refractivity contribution is -0.231. The summed E-state index contributed by atoms with van der Waals surface area (Å²) in [5.74, 6) is -0.115. The molecule has 3 N–H and O–H groups in total. The monoisotopic (exact) mass is 420 g/mol. The highest BCUT2D eigenvalue weighted by atomic mass is 32.1. The zero-order chi connectivity index (χ0) is 20.5. The molecule has 6 nitrogen and oxygen atoms in total. The van der Waals surface area contributed by atoms with Crippen LogP contribution < -0.4 is 15.6 Å². The van der Waals surface area contributed by atoms with Crippen molar-refractivity contribution in [2.45, 2.75) is 38.3 Å². The lowest BCUT2D eigenvalue weighted by atomic mass is 10.0. The van der Waals surface area contributed by atoms with Crippen LogP contribution in [0.25, 0.3) is 10.2 Å². The van der Waals surface area contributed by atoms with E-state index in [2.05, 4.69) is 39.6 Å². The molecule has 3 saturated heterocycles. The summed E-state index contributed by atoms with van der Waals surface area (Å²) in [7, 11) is 0. The minimum Gasteiger partial charge on any atom is -0.397 e. The summed E-state index contributed by atoms with van der Waals surface area (Å²) in [6, 6.07) is 14.5. The molecular formula is C23H26N5OS+. The number of nitrogens with two attached hydrogens (primary N) is 1. The van der Waals surface area contributed by atoms with Gasteiger partial charge in [-0.25, -0.2) is 9.58 Å². The van der Waals surface area contributed by atoms with Crippen LogP contribution >= 0.6 is 11.3 Å². The number of benzene rings is 1. The second kappa shape index (κ2) is 6.51. The predicted molar refractivity (Wildman–Crippen MR) is 121 cm³/mol. The summed E-state index contributed by atoms with van der Waals surface area (Å²) in [4.78, 5) is 18.5. The molecule has 3 fully saturated rings. The number of hydrogen-bond donors (Lipinski definition) is 2. The van der Waals surface area contributed by atoms with Gasteiger partial charge in [-0.15, -0.1) is 16.3 Å². The van der Waals surface area contributed by atoms with Crippen molar-refractivity contribution in [2.75, 3.05) is 25.4 Å². The molecule has 0 saturated carbocycles. The largest absolute Gasteiger partial charge is 0.397 e. The molecule has 2 aromatic heterocycles. The number of aromatic nitrogens is 1. The number of nitrogen functional groups attached to an aromatic ring is 1. The van der Waals surface area contributed by atoms with Crippen LogP contribution in [0.5, 0.6) is 0 Å². The van der Waals surface area contributed by atoms with Crippen LogP contribution in [0.4, 0.5) is 11.4 Å². The number of nitrogens with zero attached hydrogens (tertiary/aromatic N) is 3. The minimum atomic E-state index is -0.115. The molecule has 0 aliphatic carbocycles. The van der Waals surface area contributed by atoms with Crippen LogP contribution in [-0.4, -0.2) is 47.6 Å². The Hall–Kier alpha value is -2.48. The molecule has 0 bridgehead atoms. The Balaban J connectivity index is 1.08. The fraction of sp³-hybridized carbons (Fsp3) is 0.391. The summed E-state index contributed by atoms with van der Waals surface area (Å²) in [5, 5.41) is 6.58. The highest BCUT2D eigenvalue weighted by Gasteiger charge is 2.69. The van der Waals surface area contributed by atoms with Crippen LogP contribution in [0.2, 0.25) is 0 Å². The number of thiophene rings is 1. The second-order valence-electron chi connectivity index (χ2n) is 8.88. The maximum absolute atomic E-state index is 12.6. The van der Waals surface area contributed by atoms with E-state index in [0.29, 0.717) is 17.1 Å². The third-order valence-electron chi connectivity index (χ3n) is 7.10. The van der Waals surface area contributed by atoms with Crippen LogP contribution in [0.1, 0.15) is 33.8 Å². The van der Waals surface area contributed by atoms with E-state index in [0.717, 1.165) is 39.0 Å². The summed E-state index contributed by atoms with van der Waals surface area (Å²) in [6.07, 6.45) is 3.56. The number of rotatable bonds is 5. The average molecular weight is 421 g/mol.